The molecule has 7 heteroatoms. The van der Waals surface area contributed by atoms with Gasteiger partial charge in [-0.05, 0) is 24.3 Å². The highest BCUT2D eigenvalue weighted by molar-refractivity contribution is 6.06. The van der Waals surface area contributed by atoms with Crippen LogP contribution in [0.3, 0.4) is 0 Å². The van der Waals surface area contributed by atoms with Crippen molar-refractivity contribution in [3.63, 3.8) is 0 Å². The molecule has 2 aromatic carbocycles. The molecule has 0 radical (unpaired) electrons. The summed E-state index contributed by atoms with van der Waals surface area (Å²) in [5.74, 6) is -0.416. The lowest BCUT2D eigenvalue weighted by atomic mass is 10.1. The second kappa shape index (κ2) is 5.04. The summed E-state index contributed by atoms with van der Waals surface area (Å²) in [6.07, 6.45) is 1.54. The van der Waals surface area contributed by atoms with Crippen LogP contribution in [0.2, 0.25) is 0 Å². The zero-order valence-corrected chi connectivity index (χ0v) is 10.7. The zero-order valence-electron chi connectivity index (χ0n) is 10.7. The Hall–Kier alpha value is -3.22. The van der Waals surface area contributed by atoms with Crippen molar-refractivity contribution in [3.05, 3.63) is 64.5 Å². The third-order valence-corrected chi connectivity index (χ3v) is 3.03. The summed E-state index contributed by atoms with van der Waals surface area (Å²) in [5.41, 5.74) is 1.89. The summed E-state index contributed by atoms with van der Waals surface area (Å²) in [4.78, 5) is 29.5. The quantitative estimate of drug-likeness (QED) is 0.569. The Morgan fingerprint density at radius 1 is 1.24 bits per heavy atom. The van der Waals surface area contributed by atoms with Crippen LogP contribution in [-0.4, -0.2) is 20.8 Å². The summed E-state index contributed by atoms with van der Waals surface area (Å²) in [7, 11) is 0. The first-order valence-electron chi connectivity index (χ1n) is 6.13. The summed E-state index contributed by atoms with van der Waals surface area (Å²) in [6.45, 7) is 0. The molecule has 7 nitrogen and oxygen atoms in total. The second-order valence-electron chi connectivity index (χ2n) is 4.36. The standard InChI is InChI=1S/C14H10N4O3/c19-14(9-5-6-10-12(7-9)16-8-15-10)17-11-3-1-2-4-13(11)18(20)21/h1-8H,(H,15,16)(H,17,19). The van der Waals surface area contributed by atoms with Crippen molar-refractivity contribution in [1.29, 1.82) is 0 Å². The van der Waals surface area contributed by atoms with Crippen molar-refractivity contribution < 1.29 is 9.72 Å². The lowest BCUT2D eigenvalue weighted by Gasteiger charge is -2.05. The third-order valence-electron chi connectivity index (χ3n) is 3.03. The number of nitrogens with one attached hydrogen (secondary N) is 2. The van der Waals surface area contributed by atoms with Crippen molar-refractivity contribution in [3.8, 4) is 0 Å². The maximum atomic E-state index is 12.2. The molecule has 0 saturated heterocycles. The van der Waals surface area contributed by atoms with E-state index in [1.807, 2.05) is 0 Å². The number of fused-ring (bicyclic) bond motifs is 1. The first-order chi connectivity index (χ1) is 10.1. The topological polar surface area (TPSA) is 101 Å². The molecule has 0 atom stereocenters. The predicted octanol–water partition coefficient (Wildman–Crippen LogP) is 2.72. The molecule has 0 spiro atoms. The van der Waals surface area contributed by atoms with Gasteiger partial charge in [-0.15, -0.1) is 0 Å². The largest absolute Gasteiger partial charge is 0.345 e. The molecule has 1 amide bonds. The van der Waals surface area contributed by atoms with E-state index in [9.17, 15) is 14.9 Å². The average Bonchev–Trinajstić information content (AvgIpc) is 2.94. The summed E-state index contributed by atoms with van der Waals surface area (Å²) in [5, 5.41) is 13.5. The molecule has 3 aromatic rings. The number of para-hydroxylation sites is 2. The van der Waals surface area contributed by atoms with Gasteiger partial charge in [-0.2, -0.15) is 0 Å². The minimum absolute atomic E-state index is 0.145. The fourth-order valence-electron chi connectivity index (χ4n) is 2.01. The van der Waals surface area contributed by atoms with E-state index in [-0.39, 0.29) is 11.4 Å². The van der Waals surface area contributed by atoms with Gasteiger partial charge in [0.15, 0.2) is 0 Å². The summed E-state index contributed by atoms with van der Waals surface area (Å²) >= 11 is 0. The van der Waals surface area contributed by atoms with E-state index in [0.717, 1.165) is 11.0 Å². The number of nitro groups is 1. The van der Waals surface area contributed by atoms with E-state index in [1.165, 1.54) is 18.5 Å². The van der Waals surface area contributed by atoms with E-state index in [0.29, 0.717) is 5.56 Å². The SMILES string of the molecule is O=C(Nc1ccccc1[N+](=O)[O-])c1ccc2nc[nH]c2c1. The third kappa shape index (κ3) is 2.44. The number of hydrogen-bond donors (Lipinski definition) is 2. The van der Waals surface area contributed by atoms with Crippen molar-refractivity contribution in [2.75, 3.05) is 5.32 Å². The van der Waals surface area contributed by atoms with Crippen LogP contribution in [0.25, 0.3) is 11.0 Å². The van der Waals surface area contributed by atoms with Gasteiger partial charge in [0.25, 0.3) is 11.6 Å². The Balaban J connectivity index is 1.91. The number of carbonyl (C=O) groups excluding carboxylic acids is 1. The van der Waals surface area contributed by atoms with Gasteiger partial charge in [0, 0.05) is 11.6 Å². The van der Waals surface area contributed by atoms with Gasteiger partial charge in [-0.3, -0.25) is 14.9 Å². The fraction of sp³-hybridized carbons (Fsp3) is 0. The normalized spacial score (nSPS) is 10.5. The highest BCUT2D eigenvalue weighted by Crippen LogP contribution is 2.24. The fourth-order valence-corrected chi connectivity index (χ4v) is 2.01. The number of imidazole rings is 1. The molecule has 0 aliphatic carbocycles. The average molecular weight is 282 g/mol. The molecule has 0 bridgehead atoms. The van der Waals surface area contributed by atoms with Crippen LogP contribution in [-0.2, 0) is 0 Å². The molecule has 1 heterocycles. The maximum Gasteiger partial charge on any atom is 0.292 e. The molecule has 1 aromatic heterocycles. The van der Waals surface area contributed by atoms with E-state index >= 15 is 0 Å². The Morgan fingerprint density at radius 3 is 2.86 bits per heavy atom. The summed E-state index contributed by atoms with van der Waals surface area (Å²) < 4.78 is 0. The molecular formula is C14H10N4O3. The smallest absolute Gasteiger partial charge is 0.292 e. The molecular weight excluding hydrogens is 272 g/mol. The van der Waals surface area contributed by atoms with Crippen LogP contribution >= 0.6 is 0 Å². The van der Waals surface area contributed by atoms with Gasteiger partial charge in [-0.1, -0.05) is 12.1 Å². The first-order valence-corrected chi connectivity index (χ1v) is 6.13. The van der Waals surface area contributed by atoms with Gasteiger partial charge in [0.2, 0.25) is 0 Å². The van der Waals surface area contributed by atoms with Gasteiger partial charge >= 0.3 is 0 Å². The number of nitrogens with zero attached hydrogens (tertiary/aromatic N) is 2. The first kappa shape index (κ1) is 12.8. The molecule has 0 unspecified atom stereocenters. The van der Waals surface area contributed by atoms with E-state index in [4.69, 9.17) is 0 Å². The predicted molar refractivity (Wildman–Crippen MR) is 77.1 cm³/mol. The Morgan fingerprint density at radius 2 is 2.05 bits per heavy atom. The number of hydrogen-bond acceptors (Lipinski definition) is 4. The summed E-state index contributed by atoms with van der Waals surface area (Å²) in [6, 6.07) is 11.0. The lowest BCUT2D eigenvalue weighted by Crippen LogP contribution is -2.13. The second-order valence-corrected chi connectivity index (χ2v) is 4.36. The zero-order chi connectivity index (χ0) is 14.8. The van der Waals surface area contributed by atoms with E-state index in [2.05, 4.69) is 15.3 Å². The van der Waals surface area contributed by atoms with Crippen LogP contribution in [0.5, 0.6) is 0 Å². The monoisotopic (exact) mass is 282 g/mol. The molecule has 0 aliphatic heterocycles. The van der Waals surface area contributed by atoms with Crippen molar-refractivity contribution >= 4 is 28.3 Å². The van der Waals surface area contributed by atoms with Gasteiger partial charge < -0.3 is 10.3 Å². The van der Waals surface area contributed by atoms with Crippen molar-refractivity contribution in [2.24, 2.45) is 0 Å². The van der Waals surface area contributed by atoms with Gasteiger partial charge in [-0.25, -0.2) is 4.98 Å². The number of aromatic nitrogens is 2. The van der Waals surface area contributed by atoms with Crippen molar-refractivity contribution in [1.82, 2.24) is 9.97 Å². The lowest BCUT2D eigenvalue weighted by molar-refractivity contribution is -0.383. The highest BCUT2D eigenvalue weighted by atomic mass is 16.6. The highest BCUT2D eigenvalue weighted by Gasteiger charge is 2.16. The van der Waals surface area contributed by atoms with E-state index < -0.39 is 10.8 Å². The molecule has 2 N–H and O–H groups in total. The van der Waals surface area contributed by atoms with Crippen LogP contribution < -0.4 is 5.32 Å². The molecule has 104 valence electrons. The molecule has 0 aliphatic rings. The van der Waals surface area contributed by atoms with Crippen LogP contribution in [0.15, 0.2) is 48.8 Å². The Kier molecular flexibility index (Phi) is 3.07. The maximum absolute atomic E-state index is 12.2. The number of nitro benzene ring substituents is 1. The Bertz CT molecular complexity index is 841. The van der Waals surface area contributed by atoms with Crippen molar-refractivity contribution in [2.45, 2.75) is 0 Å². The Labute approximate surface area is 118 Å². The number of H-pyrrole nitrogens is 1. The van der Waals surface area contributed by atoms with E-state index in [1.54, 1.807) is 30.3 Å². The number of carbonyl (C=O) groups is 1. The molecule has 21 heavy (non-hydrogen) atoms. The van der Waals surface area contributed by atoms with Crippen LogP contribution in [0.1, 0.15) is 10.4 Å². The minimum Gasteiger partial charge on any atom is -0.345 e. The van der Waals surface area contributed by atoms with Gasteiger partial charge in [0.1, 0.15) is 5.69 Å². The number of rotatable bonds is 3. The minimum atomic E-state index is -0.534. The molecule has 0 saturated carbocycles. The number of benzene rings is 2. The number of anilines is 1. The van der Waals surface area contributed by atoms with Crippen LogP contribution in [0, 0.1) is 10.1 Å². The van der Waals surface area contributed by atoms with Gasteiger partial charge in [0.05, 0.1) is 22.3 Å². The number of amides is 1. The number of aromatic amines is 1. The molecule has 3 rings (SSSR count). The molecule has 0 fully saturated rings. The van der Waals surface area contributed by atoms with Crippen LogP contribution in [0.4, 0.5) is 11.4 Å².